The molecule has 0 amide bonds. The molecule has 6 heteroatoms. The predicted octanol–water partition coefficient (Wildman–Crippen LogP) is 2.99. The Bertz CT molecular complexity index is 730. The minimum atomic E-state index is -0.618. The van der Waals surface area contributed by atoms with Crippen LogP contribution in [0.5, 0.6) is 11.5 Å². The summed E-state index contributed by atoms with van der Waals surface area (Å²) in [6.45, 7) is 7.90. The molecule has 0 unspecified atom stereocenters. The van der Waals surface area contributed by atoms with Gasteiger partial charge in [0.25, 0.3) is 0 Å². The summed E-state index contributed by atoms with van der Waals surface area (Å²) in [6.07, 6.45) is 4.11. The van der Waals surface area contributed by atoms with Crippen molar-refractivity contribution in [1.82, 2.24) is 4.98 Å². The van der Waals surface area contributed by atoms with Gasteiger partial charge in [0.05, 0.1) is 17.4 Å². The first-order valence-electron chi connectivity index (χ1n) is 7.85. The van der Waals surface area contributed by atoms with Crippen LogP contribution in [0.2, 0.25) is 0 Å². The standard InChI is InChI=1S/C18H20BNO4/c1-17(2)18(3,4)24-19(23-17)16-10-14(8-7-13(16)12-21)22-15-6-5-9-20-11-15/h5-12H,1-4H3. The topological polar surface area (TPSA) is 57.7 Å². The van der Waals surface area contributed by atoms with Crippen LogP contribution >= 0.6 is 0 Å². The Morgan fingerprint density at radius 2 is 1.79 bits per heavy atom. The zero-order valence-corrected chi connectivity index (χ0v) is 14.3. The Balaban J connectivity index is 1.92. The van der Waals surface area contributed by atoms with E-state index in [0.717, 1.165) is 6.29 Å². The lowest BCUT2D eigenvalue weighted by Gasteiger charge is -2.32. The normalized spacial score (nSPS) is 18.4. The first kappa shape index (κ1) is 16.7. The molecule has 1 aromatic carbocycles. The Morgan fingerprint density at radius 3 is 2.38 bits per heavy atom. The molecular weight excluding hydrogens is 305 g/mol. The predicted molar refractivity (Wildman–Crippen MR) is 91.9 cm³/mol. The van der Waals surface area contributed by atoms with Crippen molar-refractivity contribution in [3.05, 3.63) is 48.3 Å². The molecule has 0 spiro atoms. The highest BCUT2D eigenvalue weighted by Gasteiger charge is 2.52. The van der Waals surface area contributed by atoms with Crippen molar-refractivity contribution in [3.8, 4) is 11.5 Å². The van der Waals surface area contributed by atoms with Crippen LogP contribution < -0.4 is 10.2 Å². The molecule has 2 heterocycles. The van der Waals surface area contributed by atoms with Gasteiger partial charge in [-0.15, -0.1) is 0 Å². The van der Waals surface area contributed by atoms with Crippen LogP contribution in [0.1, 0.15) is 38.1 Å². The number of hydrogen-bond donors (Lipinski definition) is 0. The van der Waals surface area contributed by atoms with Crippen LogP contribution in [-0.2, 0) is 9.31 Å². The van der Waals surface area contributed by atoms with Crippen LogP contribution in [0.15, 0.2) is 42.7 Å². The van der Waals surface area contributed by atoms with Gasteiger partial charge in [-0.3, -0.25) is 9.78 Å². The SMILES string of the molecule is CC1(C)OB(c2cc(Oc3cccnc3)ccc2C=O)OC1(C)C. The molecular formula is C18H20BNO4. The third-order valence-corrected chi connectivity index (χ3v) is 4.56. The molecule has 2 aromatic rings. The van der Waals surface area contributed by atoms with Gasteiger partial charge in [-0.05, 0) is 63.5 Å². The van der Waals surface area contributed by atoms with Gasteiger partial charge in [0.15, 0.2) is 0 Å². The summed E-state index contributed by atoms with van der Waals surface area (Å²) in [5.74, 6) is 1.22. The van der Waals surface area contributed by atoms with Gasteiger partial charge in [-0.2, -0.15) is 0 Å². The Morgan fingerprint density at radius 1 is 1.08 bits per heavy atom. The van der Waals surface area contributed by atoms with Crippen molar-refractivity contribution in [2.24, 2.45) is 0 Å². The Labute approximate surface area is 142 Å². The van der Waals surface area contributed by atoms with Gasteiger partial charge >= 0.3 is 7.12 Å². The lowest BCUT2D eigenvalue weighted by molar-refractivity contribution is 0.00578. The lowest BCUT2D eigenvalue weighted by atomic mass is 9.76. The quantitative estimate of drug-likeness (QED) is 0.639. The van der Waals surface area contributed by atoms with E-state index in [1.165, 1.54) is 0 Å². The van der Waals surface area contributed by atoms with E-state index in [1.54, 1.807) is 36.7 Å². The largest absolute Gasteiger partial charge is 0.495 e. The van der Waals surface area contributed by atoms with Crippen LogP contribution in [0, 0.1) is 0 Å². The summed E-state index contributed by atoms with van der Waals surface area (Å²) in [5, 5.41) is 0. The van der Waals surface area contributed by atoms with E-state index >= 15 is 0 Å². The van der Waals surface area contributed by atoms with E-state index in [9.17, 15) is 4.79 Å². The third kappa shape index (κ3) is 3.07. The summed E-state index contributed by atoms with van der Waals surface area (Å²) in [6, 6.07) is 8.84. The second-order valence-corrected chi connectivity index (χ2v) is 6.79. The number of nitrogens with zero attached hydrogens (tertiary/aromatic N) is 1. The number of carbonyl (C=O) groups is 1. The van der Waals surface area contributed by atoms with Gasteiger partial charge in [-0.25, -0.2) is 0 Å². The molecule has 124 valence electrons. The molecule has 1 aromatic heterocycles. The van der Waals surface area contributed by atoms with Gasteiger partial charge < -0.3 is 14.0 Å². The first-order chi connectivity index (χ1) is 11.3. The van der Waals surface area contributed by atoms with E-state index in [1.807, 2.05) is 33.8 Å². The number of hydrogen-bond acceptors (Lipinski definition) is 5. The van der Waals surface area contributed by atoms with E-state index in [0.29, 0.717) is 22.5 Å². The maximum atomic E-state index is 11.4. The van der Waals surface area contributed by atoms with Crippen molar-refractivity contribution in [2.75, 3.05) is 0 Å². The summed E-state index contributed by atoms with van der Waals surface area (Å²) in [7, 11) is -0.618. The number of carbonyl (C=O) groups excluding carboxylic acids is 1. The van der Waals surface area contributed by atoms with Crippen LogP contribution in [0.25, 0.3) is 0 Å². The van der Waals surface area contributed by atoms with E-state index in [-0.39, 0.29) is 0 Å². The minimum Gasteiger partial charge on any atom is -0.456 e. The fourth-order valence-electron chi connectivity index (χ4n) is 2.44. The number of ether oxygens (including phenoxy) is 1. The maximum Gasteiger partial charge on any atom is 0.495 e. The van der Waals surface area contributed by atoms with E-state index in [2.05, 4.69) is 4.98 Å². The highest BCUT2D eigenvalue weighted by molar-refractivity contribution is 6.63. The molecule has 1 fully saturated rings. The van der Waals surface area contributed by atoms with E-state index in [4.69, 9.17) is 14.0 Å². The smallest absolute Gasteiger partial charge is 0.456 e. The average Bonchev–Trinajstić information content (AvgIpc) is 2.76. The van der Waals surface area contributed by atoms with Crippen molar-refractivity contribution in [2.45, 2.75) is 38.9 Å². The Kier molecular flexibility index (Phi) is 4.19. The molecule has 24 heavy (non-hydrogen) atoms. The van der Waals surface area contributed by atoms with Crippen molar-refractivity contribution in [1.29, 1.82) is 0 Å². The second-order valence-electron chi connectivity index (χ2n) is 6.79. The second kappa shape index (κ2) is 6.04. The number of benzene rings is 1. The van der Waals surface area contributed by atoms with Crippen molar-refractivity contribution < 1.29 is 18.8 Å². The molecule has 5 nitrogen and oxygen atoms in total. The average molecular weight is 325 g/mol. The minimum absolute atomic E-state index is 0.474. The van der Waals surface area contributed by atoms with Crippen LogP contribution in [0.4, 0.5) is 0 Å². The number of rotatable bonds is 4. The molecule has 0 aliphatic carbocycles. The molecule has 0 atom stereocenters. The number of pyridine rings is 1. The zero-order valence-electron chi connectivity index (χ0n) is 14.3. The van der Waals surface area contributed by atoms with Gasteiger partial charge in [-0.1, -0.05) is 0 Å². The lowest BCUT2D eigenvalue weighted by Crippen LogP contribution is -2.41. The molecule has 0 radical (unpaired) electrons. The number of aldehydes is 1. The summed E-state index contributed by atoms with van der Waals surface area (Å²) >= 11 is 0. The molecule has 0 bridgehead atoms. The summed E-state index contributed by atoms with van der Waals surface area (Å²) in [5.41, 5.74) is 0.230. The molecule has 0 N–H and O–H groups in total. The zero-order chi connectivity index (χ0) is 17.4. The summed E-state index contributed by atoms with van der Waals surface area (Å²) in [4.78, 5) is 15.4. The maximum absolute atomic E-state index is 11.4. The molecule has 1 aliphatic heterocycles. The fraction of sp³-hybridized carbons (Fsp3) is 0.333. The Hall–Kier alpha value is -2.18. The highest BCUT2D eigenvalue weighted by Crippen LogP contribution is 2.37. The fourth-order valence-corrected chi connectivity index (χ4v) is 2.44. The van der Waals surface area contributed by atoms with Crippen molar-refractivity contribution >= 4 is 18.9 Å². The summed E-state index contributed by atoms with van der Waals surface area (Å²) < 4.78 is 17.9. The van der Waals surface area contributed by atoms with Crippen molar-refractivity contribution in [3.63, 3.8) is 0 Å². The molecule has 1 saturated heterocycles. The van der Waals surface area contributed by atoms with E-state index < -0.39 is 18.3 Å². The first-order valence-corrected chi connectivity index (χ1v) is 7.85. The highest BCUT2D eigenvalue weighted by atomic mass is 16.7. The number of aromatic nitrogens is 1. The van der Waals surface area contributed by atoms with Crippen LogP contribution in [-0.4, -0.2) is 29.6 Å². The molecule has 3 rings (SSSR count). The van der Waals surface area contributed by atoms with Gasteiger partial charge in [0.2, 0.25) is 0 Å². The van der Waals surface area contributed by atoms with Gasteiger partial charge in [0.1, 0.15) is 17.8 Å². The third-order valence-electron chi connectivity index (χ3n) is 4.56. The molecule has 0 saturated carbocycles. The monoisotopic (exact) mass is 325 g/mol. The molecule has 1 aliphatic rings. The van der Waals surface area contributed by atoms with Crippen LogP contribution in [0.3, 0.4) is 0 Å². The van der Waals surface area contributed by atoms with Gasteiger partial charge in [0, 0.05) is 11.8 Å².